The Bertz CT molecular complexity index is 125. The zero-order valence-electron chi connectivity index (χ0n) is 5.65. The van der Waals surface area contributed by atoms with Crippen LogP contribution in [0, 0.1) is 0 Å². The van der Waals surface area contributed by atoms with Crippen LogP contribution in [0.25, 0.3) is 0 Å². The van der Waals surface area contributed by atoms with Gasteiger partial charge in [0.15, 0.2) is 0 Å². The summed E-state index contributed by atoms with van der Waals surface area (Å²) in [4.78, 5) is 19.2. The van der Waals surface area contributed by atoms with Crippen molar-refractivity contribution in [2.45, 2.75) is 0 Å². The van der Waals surface area contributed by atoms with E-state index >= 15 is 0 Å². The van der Waals surface area contributed by atoms with Gasteiger partial charge in [0, 0.05) is 0 Å². The minimum absolute atomic E-state index is 0.0833. The molecule has 0 aliphatic carbocycles. The number of carbonyl (C=O) groups excluding carboxylic acids is 1. The van der Waals surface area contributed by atoms with Crippen molar-refractivity contribution in [3.05, 3.63) is 0 Å². The summed E-state index contributed by atoms with van der Waals surface area (Å²) >= 11 is 7.02. The van der Waals surface area contributed by atoms with Gasteiger partial charge in [0.1, 0.15) is 0 Å². The first-order valence-corrected chi connectivity index (χ1v) is 3.78. The van der Waals surface area contributed by atoms with Crippen molar-refractivity contribution >= 4 is 37.1 Å². The highest BCUT2D eigenvalue weighted by Gasteiger charge is 1.86. The van der Waals surface area contributed by atoms with Crippen LogP contribution < -0.4 is 11.3 Å². The number of nitrogens with one attached hydrogen (secondary N) is 1. The van der Waals surface area contributed by atoms with E-state index in [1.165, 1.54) is 0 Å². The first kappa shape index (κ1) is 13.2. The normalized spacial score (nSPS) is 7.55. The number of thiol groups is 2. The molecule has 0 atom stereocenters. The molecule has 0 spiro atoms. The second kappa shape index (κ2) is 9.60. The zero-order chi connectivity index (χ0) is 9.28. The lowest BCUT2D eigenvalue weighted by Gasteiger charge is -1.86. The smallest absolute Gasteiger partial charge is 0.313 e. The summed E-state index contributed by atoms with van der Waals surface area (Å²) < 4.78 is 0. The number of aliphatic carboxylic acids is 1. The van der Waals surface area contributed by atoms with Gasteiger partial charge >= 0.3 is 5.97 Å². The maximum Gasteiger partial charge on any atom is 0.313 e. The number of carboxylic acids is 1. The molecular formula is C4H10N2O3S2. The van der Waals surface area contributed by atoms with Crippen LogP contribution in [0.1, 0.15) is 0 Å². The van der Waals surface area contributed by atoms with Gasteiger partial charge in [0.25, 0.3) is 0 Å². The molecule has 0 aromatic heterocycles. The highest BCUT2D eigenvalue weighted by Crippen LogP contribution is 1.66. The number of carbonyl (C=O) groups is 2. The van der Waals surface area contributed by atoms with Crippen molar-refractivity contribution < 1.29 is 14.7 Å². The minimum Gasteiger partial charge on any atom is -0.481 e. The summed E-state index contributed by atoms with van der Waals surface area (Å²) in [7, 11) is 0. The predicted octanol–water partition coefficient (Wildman–Crippen LogP) is -1.09. The molecule has 0 fully saturated rings. The monoisotopic (exact) mass is 198 g/mol. The van der Waals surface area contributed by atoms with E-state index in [0.29, 0.717) is 0 Å². The Morgan fingerprint density at radius 3 is 1.73 bits per heavy atom. The molecule has 0 radical (unpaired) electrons. The number of hydrazine groups is 1. The van der Waals surface area contributed by atoms with Crippen molar-refractivity contribution in [2.75, 3.05) is 11.5 Å². The maximum atomic E-state index is 9.87. The molecule has 7 heteroatoms. The molecule has 0 aromatic carbocycles. The van der Waals surface area contributed by atoms with E-state index in [1.807, 2.05) is 5.43 Å². The van der Waals surface area contributed by atoms with Crippen molar-refractivity contribution in [1.82, 2.24) is 5.43 Å². The fourth-order valence-electron chi connectivity index (χ4n) is 0.0456. The number of hydrogen-bond acceptors (Lipinski definition) is 5. The van der Waals surface area contributed by atoms with Gasteiger partial charge < -0.3 is 5.11 Å². The molecule has 66 valence electrons. The quantitative estimate of drug-likeness (QED) is 0.169. The van der Waals surface area contributed by atoms with Crippen LogP contribution in [-0.2, 0) is 9.59 Å². The largest absolute Gasteiger partial charge is 0.481 e. The van der Waals surface area contributed by atoms with E-state index in [2.05, 4.69) is 31.1 Å². The minimum atomic E-state index is -0.881. The van der Waals surface area contributed by atoms with E-state index in [1.54, 1.807) is 0 Å². The van der Waals surface area contributed by atoms with E-state index in [-0.39, 0.29) is 17.4 Å². The third-order valence-corrected chi connectivity index (χ3v) is 0.998. The van der Waals surface area contributed by atoms with Crippen LogP contribution in [0.15, 0.2) is 0 Å². The summed E-state index contributed by atoms with van der Waals surface area (Å²) in [6.07, 6.45) is 0. The third-order valence-electron chi connectivity index (χ3n) is 0.440. The number of hydrogen-bond donors (Lipinski definition) is 5. The molecule has 0 saturated heterocycles. The lowest BCUT2D eigenvalue weighted by molar-refractivity contribution is -0.133. The maximum absolute atomic E-state index is 9.87. The molecule has 0 bridgehead atoms. The summed E-state index contributed by atoms with van der Waals surface area (Å²) in [6.45, 7) is 0. The molecule has 0 unspecified atom stereocenters. The van der Waals surface area contributed by atoms with Crippen LogP contribution in [0.2, 0.25) is 0 Å². The van der Waals surface area contributed by atoms with Gasteiger partial charge in [-0.3, -0.25) is 15.0 Å². The van der Waals surface area contributed by atoms with E-state index in [0.717, 1.165) is 0 Å². The van der Waals surface area contributed by atoms with Crippen LogP contribution >= 0.6 is 25.3 Å². The molecule has 0 aliphatic heterocycles. The SMILES string of the molecule is NNC(=O)CS.O=C(O)CS. The number of rotatable bonds is 2. The first-order chi connectivity index (χ1) is 5.08. The van der Waals surface area contributed by atoms with Gasteiger partial charge in [-0.05, 0) is 0 Å². The topological polar surface area (TPSA) is 92.4 Å². The van der Waals surface area contributed by atoms with Crippen LogP contribution in [0.4, 0.5) is 0 Å². The summed E-state index contributed by atoms with van der Waals surface area (Å²) in [6, 6.07) is 0. The molecule has 4 N–H and O–H groups in total. The Morgan fingerprint density at radius 1 is 1.36 bits per heavy atom. The van der Waals surface area contributed by atoms with Crippen molar-refractivity contribution in [1.29, 1.82) is 0 Å². The lowest BCUT2D eigenvalue weighted by atomic mass is 10.8. The van der Waals surface area contributed by atoms with Gasteiger partial charge in [0.2, 0.25) is 5.91 Å². The van der Waals surface area contributed by atoms with Crippen molar-refractivity contribution in [3.63, 3.8) is 0 Å². The fourth-order valence-corrected chi connectivity index (χ4v) is 0.137. The summed E-state index contributed by atoms with van der Waals surface area (Å²) in [5, 5.41) is 7.65. The van der Waals surface area contributed by atoms with Gasteiger partial charge in [-0.1, -0.05) is 0 Å². The van der Waals surface area contributed by atoms with Crippen LogP contribution in [0.5, 0.6) is 0 Å². The van der Waals surface area contributed by atoms with Gasteiger partial charge in [-0.15, -0.1) is 0 Å². The standard InChI is InChI=1S/C2H6N2OS.C2H4O2S/c3-4-2(5)1-6;3-2(4)1-5/h6H,1,3H2,(H,4,5);5H,1H2,(H,3,4). The second-order valence-corrected chi connectivity index (χ2v) is 1.91. The fraction of sp³-hybridized carbons (Fsp3) is 0.500. The van der Waals surface area contributed by atoms with Crippen molar-refractivity contribution in [2.24, 2.45) is 5.84 Å². The number of carboxylic acid groups (broad SMARTS) is 1. The average Bonchev–Trinajstić information content (AvgIpc) is 2.04. The number of amides is 1. The van der Waals surface area contributed by atoms with Crippen LogP contribution in [0.3, 0.4) is 0 Å². The Labute approximate surface area is 75.1 Å². The second-order valence-electron chi connectivity index (χ2n) is 1.28. The Morgan fingerprint density at radius 2 is 1.73 bits per heavy atom. The van der Waals surface area contributed by atoms with E-state index < -0.39 is 5.97 Å². The Hall–Kier alpha value is -0.400. The molecule has 11 heavy (non-hydrogen) atoms. The Balaban J connectivity index is 0. The molecular weight excluding hydrogens is 188 g/mol. The predicted molar refractivity (Wildman–Crippen MR) is 47.7 cm³/mol. The summed E-state index contributed by atoms with van der Waals surface area (Å²) in [5.41, 5.74) is 1.90. The van der Waals surface area contributed by atoms with Gasteiger partial charge in [0.05, 0.1) is 11.5 Å². The highest BCUT2D eigenvalue weighted by molar-refractivity contribution is 7.81. The molecule has 5 nitrogen and oxygen atoms in total. The molecule has 0 aliphatic rings. The average molecular weight is 198 g/mol. The van der Waals surface area contributed by atoms with E-state index in [9.17, 15) is 9.59 Å². The molecule has 0 rings (SSSR count). The number of nitrogens with two attached hydrogens (primary N) is 1. The van der Waals surface area contributed by atoms with Crippen LogP contribution in [-0.4, -0.2) is 28.5 Å². The van der Waals surface area contributed by atoms with Gasteiger partial charge in [-0.25, -0.2) is 5.84 Å². The Kier molecular flexibility index (Phi) is 11.5. The van der Waals surface area contributed by atoms with E-state index in [4.69, 9.17) is 5.11 Å². The van der Waals surface area contributed by atoms with Gasteiger partial charge in [-0.2, -0.15) is 25.3 Å². The third kappa shape index (κ3) is 17.7. The molecule has 0 heterocycles. The van der Waals surface area contributed by atoms with Crippen molar-refractivity contribution in [3.8, 4) is 0 Å². The zero-order valence-corrected chi connectivity index (χ0v) is 7.44. The molecule has 0 aromatic rings. The first-order valence-electron chi connectivity index (χ1n) is 2.51. The lowest BCUT2D eigenvalue weighted by Crippen LogP contribution is -2.30. The highest BCUT2D eigenvalue weighted by atomic mass is 32.1. The molecule has 1 amide bonds. The molecule has 0 saturated carbocycles. The summed E-state index contributed by atoms with van der Waals surface area (Å²) in [5.74, 6) is 3.55.